The van der Waals surface area contributed by atoms with Gasteiger partial charge < -0.3 is 114 Å². The normalized spacial score (nSPS) is 59.6. The molecule has 424 valence electrons. The van der Waals surface area contributed by atoms with Crippen molar-refractivity contribution in [2.45, 2.75) is 258 Å². The van der Waals surface area contributed by atoms with Gasteiger partial charge in [-0.15, -0.1) is 0 Å². The van der Waals surface area contributed by atoms with E-state index >= 15 is 0 Å². The van der Waals surface area contributed by atoms with Gasteiger partial charge >= 0.3 is 0 Å². The van der Waals surface area contributed by atoms with Crippen molar-refractivity contribution >= 4 is 0 Å². The molecule has 0 unspecified atom stereocenters. The molecule has 32 atom stereocenters. The number of aliphatic hydroxyl groups excluding tert-OH is 11. The molecule has 23 nitrogen and oxygen atoms in total. The van der Waals surface area contributed by atoms with Gasteiger partial charge in [0.25, 0.3) is 0 Å². The fourth-order valence-electron chi connectivity index (χ4n) is 15.3. The molecule has 0 bridgehead atoms. The van der Waals surface area contributed by atoms with E-state index in [1.54, 1.807) is 0 Å². The molecule has 4 aliphatic carbocycles. The zero-order valence-electron chi connectivity index (χ0n) is 43.1. The number of rotatable bonds is 9. The lowest BCUT2D eigenvalue weighted by Crippen LogP contribution is -2.67. The average Bonchev–Trinajstić information content (AvgIpc) is 3.71. The van der Waals surface area contributed by atoms with Gasteiger partial charge in [0, 0.05) is 17.8 Å². The number of hydrogen-bond donors (Lipinski definition) is 13. The molecule has 1 spiro atoms. The van der Waals surface area contributed by atoms with Crippen molar-refractivity contribution in [3.8, 4) is 0 Å². The molecule has 0 amide bonds. The molecule has 13 N–H and O–H groups in total. The van der Waals surface area contributed by atoms with Crippen LogP contribution in [0.3, 0.4) is 0 Å². The fraction of sp³-hybridized carbons (Fsp3) is 0.961. The molecule has 0 aromatic heterocycles. The molecule has 0 radical (unpaired) electrons. The third-order valence-corrected chi connectivity index (χ3v) is 20.2. The van der Waals surface area contributed by atoms with Crippen molar-refractivity contribution < 1.29 is 114 Å². The van der Waals surface area contributed by atoms with E-state index in [2.05, 4.69) is 19.9 Å². The minimum Gasteiger partial charge on any atom is -0.394 e. The highest BCUT2D eigenvalue weighted by molar-refractivity contribution is 5.29. The van der Waals surface area contributed by atoms with Crippen LogP contribution in [0.2, 0.25) is 0 Å². The van der Waals surface area contributed by atoms with Gasteiger partial charge in [0.15, 0.2) is 30.9 Å². The second-order valence-electron chi connectivity index (χ2n) is 24.4. The Kier molecular flexibility index (Phi) is 15.3. The van der Waals surface area contributed by atoms with Crippen LogP contribution in [0.5, 0.6) is 0 Å². The van der Waals surface area contributed by atoms with Crippen LogP contribution < -0.4 is 0 Å². The Morgan fingerprint density at radius 1 is 0.608 bits per heavy atom. The van der Waals surface area contributed by atoms with E-state index in [9.17, 15) is 66.4 Å². The summed E-state index contributed by atoms with van der Waals surface area (Å²) in [5.74, 6) is -1.00. The second-order valence-corrected chi connectivity index (χ2v) is 24.4. The Morgan fingerprint density at radius 3 is 1.80 bits per heavy atom. The molecule has 0 aromatic carbocycles. The molecule has 3 saturated carbocycles. The Bertz CT molecular complexity index is 2040. The minimum atomic E-state index is -1.88. The van der Waals surface area contributed by atoms with E-state index < -0.39 is 176 Å². The smallest absolute Gasteiger partial charge is 0.187 e. The van der Waals surface area contributed by atoms with E-state index in [0.717, 1.165) is 25.7 Å². The molecular weight excluding hydrogens is 981 g/mol. The Labute approximate surface area is 430 Å². The maximum atomic E-state index is 12.9. The largest absolute Gasteiger partial charge is 0.394 e. The molecule has 23 heteroatoms. The van der Waals surface area contributed by atoms with Crippen molar-refractivity contribution in [2.75, 3.05) is 13.2 Å². The van der Waals surface area contributed by atoms with Crippen LogP contribution in [0.1, 0.15) is 99.8 Å². The van der Waals surface area contributed by atoms with Gasteiger partial charge in [-0.05, 0) is 95.8 Å². The van der Waals surface area contributed by atoms with Crippen LogP contribution in [0.25, 0.3) is 0 Å². The Balaban J connectivity index is 0.841. The van der Waals surface area contributed by atoms with Gasteiger partial charge in [0.05, 0.1) is 49.8 Å². The number of aliphatic hydroxyl groups is 13. The zero-order valence-corrected chi connectivity index (χ0v) is 43.1. The number of fused-ring (bicyclic) bond motifs is 7. The van der Waals surface area contributed by atoms with Crippen molar-refractivity contribution in [2.24, 2.45) is 34.5 Å². The monoisotopic (exact) mass is 1060 g/mol. The summed E-state index contributed by atoms with van der Waals surface area (Å²) < 4.78 is 61.4. The average molecular weight is 1060 g/mol. The summed E-state index contributed by atoms with van der Waals surface area (Å²) in [6, 6.07) is 0. The predicted octanol–water partition coefficient (Wildman–Crippen LogP) is -2.71. The van der Waals surface area contributed by atoms with E-state index in [1.165, 1.54) is 33.3 Å². The van der Waals surface area contributed by atoms with Gasteiger partial charge in [0.2, 0.25) is 0 Å². The maximum absolute atomic E-state index is 12.9. The lowest BCUT2D eigenvalue weighted by Gasteiger charge is -2.60. The van der Waals surface area contributed by atoms with Gasteiger partial charge in [-0.2, -0.15) is 0 Å². The minimum absolute atomic E-state index is 0.0583. The summed E-state index contributed by atoms with van der Waals surface area (Å²) in [6.07, 6.45) is -25.3. The summed E-state index contributed by atoms with van der Waals surface area (Å²) >= 11 is 0. The highest BCUT2D eigenvalue weighted by Gasteiger charge is 2.77. The van der Waals surface area contributed by atoms with Crippen LogP contribution in [-0.4, -0.2) is 238 Å². The SMILES string of the molecule is C[C@@H]1O[C@@H](O[C@@H]2[C@@H](O)[C@@H](O)[C@H](O[C@H]3[C@H](O)[C@@H](O[C@@H]4O[C@@H](C)[C@H](O)[C@@H](O)[C@H]4O)[C@H](O[C@H]4CC[C@@]5(C)C(=CC[C@@H]6[C@@H]5CC[C@@]5(C)[C@H]6C[C@@H]6O[C@]7(C[C@H](O)[C@](C)(O)CO7)[C@@H](C)[C@@]65O)C4)O[C@@H]3CO)O[C@H]2C)[C@H](O)[C@H](O)[C@H]1O. The summed E-state index contributed by atoms with van der Waals surface area (Å²) in [4.78, 5) is 0. The van der Waals surface area contributed by atoms with Gasteiger partial charge in [-0.25, -0.2) is 0 Å². The topological polar surface area (TPSA) is 355 Å². The third-order valence-electron chi connectivity index (χ3n) is 20.2. The first kappa shape index (κ1) is 56.1. The first-order valence-corrected chi connectivity index (χ1v) is 26.8. The van der Waals surface area contributed by atoms with Crippen LogP contribution in [0, 0.1) is 34.5 Å². The van der Waals surface area contributed by atoms with E-state index in [4.69, 9.17) is 47.4 Å². The van der Waals surface area contributed by atoms with E-state index in [-0.39, 0.29) is 36.2 Å². The molecule has 6 aliphatic heterocycles. The molecule has 10 rings (SSSR count). The Morgan fingerprint density at radius 2 is 1.19 bits per heavy atom. The number of hydrogen-bond acceptors (Lipinski definition) is 23. The highest BCUT2D eigenvalue weighted by Crippen LogP contribution is 2.72. The second kappa shape index (κ2) is 20.1. The summed E-state index contributed by atoms with van der Waals surface area (Å²) in [6.45, 7) is 11.5. The van der Waals surface area contributed by atoms with Crippen molar-refractivity contribution in [1.82, 2.24) is 0 Å². The summed E-state index contributed by atoms with van der Waals surface area (Å²) in [5.41, 5.74) is -2.16. The molecule has 9 fully saturated rings. The number of ether oxygens (including phenoxy) is 10. The molecule has 0 aromatic rings. The van der Waals surface area contributed by atoms with Gasteiger partial charge in [-0.3, -0.25) is 0 Å². The van der Waals surface area contributed by atoms with Gasteiger partial charge in [0.1, 0.15) is 90.6 Å². The fourth-order valence-corrected chi connectivity index (χ4v) is 15.3. The summed E-state index contributed by atoms with van der Waals surface area (Å²) in [5, 5.41) is 143. The molecule has 6 heterocycles. The standard InChI is InChI=1S/C51H82O23/c1-19-31(54)33(56)36(59)43(66-19)71-40-21(3)68-45(38(61)35(40)58)72-41-28(17-52)70-46(42(39(41)62)73-44-37(60)34(57)32(55)20(2)67-44)69-24-10-12-47(5)23(14-24)8-9-25-26(47)11-13-48(6)27(25)15-30-51(48,64)22(4)50(74-30)16-29(53)49(7,63)18-65-50/h8,19-22,24-46,52-64H,9-18H2,1-7H3/t19-,20-,21-,22+,24-,25+,26-,27-,28+,29-,30-,31-,32-,33+,34+,35-,36+,37+,38+,39-,40-,41+,42+,43-,44-,45-,46+,47-,48-,49+,50+,51+/m0/s1. The number of allylic oxidation sites excluding steroid dienone is 1. The van der Waals surface area contributed by atoms with Crippen molar-refractivity contribution in [1.29, 1.82) is 0 Å². The van der Waals surface area contributed by atoms with Crippen molar-refractivity contribution in [3.63, 3.8) is 0 Å². The lowest BCUT2D eigenvalue weighted by molar-refractivity contribution is -0.394. The van der Waals surface area contributed by atoms with Crippen molar-refractivity contribution in [3.05, 3.63) is 11.6 Å². The molecule has 74 heavy (non-hydrogen) atoms. The van der Waals surface area contributed by atoms with Crippen LogP contribution in [0.4, 0.5) is 0 Å². The first-order chi connectivity index (χ1) is 34.7. The first-order valence-electron chi connectivity index (χ1n) is 26.8. The van der Waals surface area contributed by atoms with E-state index in [1.807, 2.05) is 6.92 Å². The van der Waals surface area contributed by atoms with Crippen LogP contribution in [-0.2, 0) is 47.4 Å². The third kappa shape index (κ3) is 8.82. The molecule has 10 aliphatic rings. The van der Waals surface area contributed by atoms with Crippen LogP contribution >= 0.6 is 0 Å². The summed E-state index contributed by atoms with van der Waals surface area (Å²) in [7, 11) is 0. The lowest BCUT2D eigenvalue weighted by atomic mass is 9.46. The van der Waals surface area contributed by atoms with Gasteiger partial charge in [-0.1, -0.05) is 32.4 Å². The molecular formula is C51H82O23. The predicted molar refractivity (Wildman–Crippen MR) is 248 cm³/mol. The Hall–Kier alpha value is -1.18. The maximum Gasteiger partial charge on any atom is 0.187 e. The van der Waals surface area contributed by atoms with Crippen LogP contribution in [0.15, 0.2) is 11.6 Å². The highest BCUT2D eigenvalue weighted by atomic mass is 16.8. The van der Waals surface area contributed by atoms with E-state index in [0.29, 0.717) is 19.3 Å². The quantitative estimate of drug-likeness (QED) is 0.104. The zero-order chi connectivity index (χ0) is 53.5. The molecule has 6 saturated heterocycles.